The number of rotatable bonds is 4. The predicted octanol–water partition coefficient (Wildman–Crippen LogP) is 2.99. The second-order valence-corrected chi connectivity index (χ2v) is 8.34. The van der Waals surface area contributed by atoms with E-state index in [-0.39, 0.29) is 5.91 Å². The number of nitrogens with one attached hydrogen (secondary N) is 1. The zero-order valence-electron chi connectivity index (χ0n) is 15.0. The highest BCUT2D eigenvalue weighted by atomic mass is 32.1. The quantitative estimate of drug-likeness (QED) is 0.659. The minimum Gasteiger partial charge on any atom is -0.341 e. The van der Waals surface area contributed by atoms with Crippen LogP contribution in [0.4, 0.5) is 5.00 Å². The Kier molecular flexibility index (Phi) is 5.63. The number of nitrogens with zero attached hydrogens (tertiary/aromatic N) is 2. The van der Waals surface area contributed by atoms with Gasteiger partial charge in [-0.2, -0.15) is 5.26 Å². The molecule has 1 fully saturated rings. The van der Waals surface area contributed by atoms with Crippen LogP contribution >= 0.6 is 11.3 Å². The smallest absolute Gasteiger partial charge is 0.247 e. The molecular weight excluding hydrogens is 338 g/mol. The van der Waals surface area contributed by atoms with Gasteiger partial charge in [0, 0.05) is 18.5 Å². The first-order chi connectivity index (χ1) is 11.6. The molecule has 1 aromatic rings. The maximum Gasteiger partial charge on any atom is 0.247 e. The van der Waals surface area contributed by atoms with Gasteiger partial charge in [-0.25, -0.2) is 0 Å². The van der Waals surface area contributed by atoms with Gasteiger partial charge in [-0.3, -0.25) is 14.4 Å². The van der Waals surface area contributed by atoms with E-state index in [9.17, 15) is 19.6 Å². The molecule has 1 atom stereocenters. The third kappa shape index (κ3) is 4.26. The standard InChI is InChI=1S/C18H23N3O3S/c1-11-9-13(20-17(24)18(2,3)4)25-15(11)14(22)12(10-19)16(23)21-7-5-6-8-21/h9,12H,5-8H2,1-4H3,(H,20,24). The van der Waals surface area contributed by atoms with Gasteiger partial charge in [0.1, 0.15) is 0 Å². The Morgan fingerprint density at radius 3 is 2.40 bits per heavy atom. The summed E-state index contributed by atoms with van der Waals surface area (Å²) in [6.45, 7) is 8.34. The molecule has 0 radical (unpaired) electrons. The highest BCUT2D eigenvalue weighted by Crippen LogP contribution is 2.30. The molecule has 1 saturated heterocycles. The van der Waals surface area contributed by atoms with Crippen LogP contribution < -0.4 is 5.32 Å². The van der Waals surface area contributed by atoms with Gasteiger partial charge in [0.05, 0.1) is 15.9 Å². The second kappa shape index (κ2) is 7.36. The number of carbonyl (C=O) groups is 3. The van der Waals surface area contributed by atoms with Gasteiger partial charge < -0.3 is 10.2 Å². The van der Waals surface area contributed by atoms with Crippen molar-refractivity contribution in [2.45, 2.75) is 40.5 Å². The van der Waals surface area contributed by atoms with E-state index in [4.69, 9.17) is 0 Å². The van der Waals surface area contributed by atoms with Crippen LogP contribution in [0, 0.1) is 29.6 Å². The number of Topliss-reactive ketones (excluding diaryl/α,β-unsaturated/α-hetero) is 1. The van der Waals surface area contributed by atoms with Crippen LogP contribution in [-0.2, 0) is 9.59 Å². The molecule has 2 rings (SSSR count). The third-order valence-electron chi connectivity index (χ3n) is 4.12. The van der Waals surface area contributed by atoms with Crippen molar-refractivity contribution in [2.24, 2.45) is 11.3 Å². The van der Waals surface area contributed by atoms with Crippen molar-refractivity contribution >= 4 is 33.9 Å². The number of ketones is 1. The maximum absolute atomic E-state index is 12.7. The van der Waals surface area contributed by atoms with Crippen LogP contribution in [-0.4, -0.2) is 35.6 Å². The van der Waals surface area contributed by atoms with Crippen LogP contribution in [0.3, 0.4) is 0 Å². The van der Waals surface area contributed by atoms with Crippen molar-refractivity contribution in [1.82, 2.24) is 4.90 Å². The highest BCUT2D eigenvalue weighted by molar-refractivity contribution is 7.18. The minimum atomic E-state index is -1.32. The summed E-state index contributed by atoms with van der Waals surface area (Å²) >= 11 is 1.11. The van der Waals surface area contributed by atoms with Crippen LogP contribution in [0.5, 0.6) is 0 Å². The van der Waals surface area contributed by atoms with Gasteiger partial charge in [0.15, 0.2) is 11.7 Å². The molecule has 7 heteroatoms. The lowest BCUT2D eigenvalue weighted by molar-refractivity contribution is -0.131. The Hall–Kier alpha value is -2.20. The summed E-state index contributed by atoms with van der Waals surface area (Å²) in [5.41, 5.74) is 0.108. The molecule has 1 unspecified atom stereocenters. The lowest BCUT2D eigenvalue weighted by Gasteiger charge is -2.17. The number of amides is 2. The van der Waals surface area contributed by atoms with Crippen LogP contribution in [0.1, 0.15) is 48.8 Å². The van der Waals surface area contributed by atoms with Crippen LogP contribution in [0.15, 0.2) is 6.07 Å². The molecular formula is C18H23N3O3S. The first-order valence-corrected chi connectivity index (χ1v) is 9.11. The Balaban J connectivity index is 2.19. The number of hydrogen-bond donors (Lipinski definition) is 1. The molecule has 1 aromatic heterocycles. The van der Waals surface area contributed by atoms with Crippen molar-refractivity contribution < 1.29 is 14.4 Å². The van der Waals surface area contributed by atoms with Gasteiger partial charge in [0.2, 0.25) is 11.8 Å². The van der Waals surface area contributed by atoms with E-state index in [1.54, 1.807) is 38.7 Å². The summed E-state index contributed by atoms with van der Waals surface area (Å²) in [5.74, 6) is -2.38. The largest absolute Gasteiger partial charge is 0.341 e. The van der Waals surface area contributed by atoms with E-state index in [0.717, 1.165) is 24.2 Å². The first kappa shape index (κ1) is 19.1. The van der Waals surface area contributed by atoms with E-state index < -0.39 is 23.0 Å². The molecule has 1 N–H and O–H groups in total. The zero-order valence-corrected chi connectivity index (χ0v) is 15.8. The molecule has 134 valence electrons. The zero-order chi connectivity index (χ0) is 18.8. The minimum absolute atomic E-state index is 0.155. The number of likely N-dealkylation sites (tertiary alicyclic amines) is 1. The van der Waals surface area contributed by atoms with Gasteiger partial charge in [-0.05, 0) is 31.4 Å². The number of thiophene rings is 1. The Bertz CT molecular complexity index is 734. The molecule has 0 saturated carbocycles. The van der Waals surface area contributed by atoms with Crippen LogP contribution in [0.2, 0.25) is 0 Å². The van der Waals surface area contributed by atoms with E-state index in [1.165, 1.54) is 0 Å². The average Bonchev–Trinajstić information content (AvgIpc) is 3.16. The fourth-order valence-corrected chi connectivity index (χ4v) is 3.60. The monoisotopic (exact) mass is 361 g/mol. The summed E-state index contributed by atoms with van der Waals surface area (Å²) in [7, 11) is 0. The van der Waals surface area contributed by atoms with Gasteiger partial charge >= 0.3 is 0 Å². The Morgan fingerprint density at radius 1 is 1.28 bits per heavy atom. The normalized spacial score (nSPS) is 15.6. The van der Waals surface area contributed by atoms with Gasteiger partial charge in [-0.1, -0.05) is 20.8 Å². The Labute approximate surface area is 151 Å². The summed E-state index contributed by atoms with van der Waals surface area (Å²) in [6.07, 6.45) is 1.80. The molecule has 0 aromatic carbocycles. The molecule has 25 heavy (non-hydrogen) atoms. The molecule has 1 aliphatic heterocycles. The lowest BCUT2D eigenvalue weighted by Crippen LogP contribution is -2.37. The number of aryl methyl sites for hydroxylation is 1. The van der Waals surface area contributed by atoms with Crippen molar-refractivity contribution in [1.29, 1.82) is 5.26 Å². The van der Waals surface area contributed by atoms with E-state index >= 15 is 0 Å². The summed E-state index contributed by atoms with van der Waals surface area (Å²) in [4.78, 5) is 39.2. The number of hydrogen-bond acceptors (Lipinski definition) is 5. The molecule has 1 aliphatic rings. The molecule has 2 heterocycles. The van der Waals surface area contributed by atoms with Gasteiger partial charge in [-0.15, -0.1) is 11.3 Å². The van der Waals surface area contributed by atoms with Gasteiger partial charge in [0.25, 0.3) is 0 Å². The SMILES string of the molecule is Cc1cc(NC(=O)C(C)(C)C)sc1C(=O)C(C#N)C(=O)N1CCCC1. The lowest BCUT2D eigenvalue weighted by atomic mass is 9.96. The molecule has 6 nitrogen and oxygen atoms in total. The summed E-state index contributed by atoms with van der Waals surface area (Å²) in [5, 5.41) is 12.7. The topological polar surface area (TPSA) is 90.3 Å². The molecule has 0 spiro atoms. The first-order valence-electron chi connectivity index (χ1n) is 8.29. The number of carbonyl (C=O) groups excluding carboxylic acids is 3. The van der Waals surface area contributed by atoms with E-state index in [2.05, 4.69) is 5.32 Å². The maximum atomic E-state index is 12.7. The number of anilines is 1. The molecule has 2 amide bonds. The van der Waals surface area contributed by atoms with Crippen molar-refractivity contribution in [2.75, 3.05) is 18.4 Å². The fourth-order valence-electron chi connectivity index (χ4n) is 2.56. The second-order valence-electron chi connectivity index (χ2n) is 7.29. The molecule has 0 bridgehead atoms. The van der Waals surface area contributed by atoms with E-state index in [0.29, 0.717) is 28.5 Å². The highest BCUT2D eigenvalue weighted by Gasteiger charge is 2.34. The summed E-state index contributed by atoms with van der Waals surface area (Å²) in [6, 6.07) is 3.56. The molecule has 0 aliphatic carbocycles. The fraction of sp³-hybridized carbons (Fsp3) is 0.556. The van der Waals surface area contributed by atoms with Crippen molar-refractivity contribution in [3.05, 3.63) is 16.5 Å². The van der Waals surface area contributed by atoms with Crippen molar-refractivity contribution in [3.8, 4) is 6.07 Å². The van der Waals surface area contributed by atoms with E-state index in [1.807, 2.05) is 6.07 Å². The summed E-state index contributed by atoms with van der Waals surface area (Å²) < 4.78 is 0. The average molecular weight is 361 g/mol. The third-order valence-corrected chi connectivity index (χ3v) is 5.28. The van der Waals surface area contributed by atoms with Crippen LogP contribution in [0.25, 0.3) is 0 Å². The predicted molar refractivity (Wildman–Crippen MR) is 96.4 cm³/mol. The van der Waals surface area contributed by atoms with Crippen molar-refractivity contribution in [3.63, 3.8) is 0 Å². The number of nitriles is 1. The Morgan fingerprint density at radius 2 is 1.88 bits per heavy atom.